The normalized spacial score (nSPS) is 12.9. The molecule has 32 heavy (non-hydrogen) atoms. The molecule has 1 aromatic rings. The molecular weight excluding hydrogens is 540 g/mol. The van der Waals surface area contributed by atoms with Crippen LogP contribution in [-0.4, -0.2) is 52.6 Å². The predicted octanol–water partition coefficient (Wildman–Crippen LogP) is 5.92. The summed E-state index contributed by atoms with van der Waals surface area (Å²) in [5.41, 5.74) is 2.74. The third kappa shape index (κ3) is 11.0. The van der Waals surface area contributed by atoms with Crippen LogP contribution in [0.3, 0.4) is 0 Å². The van der Waals surface area contributed by atoms with Crippen LogP contribution in [0.4, 0.5) is 10.5 Å². The van der Waals surface area contributed by atoms with E-state index < -0.39 is 23.7 Å². The average molecular weight is 578 g/mol. The second kappa shape index (κ2) is 12.8. The summed E-state index contributed by atoms with van der Waals surface area (Å²) in [4.78, 5) is 26.0. The van der Waals surface area contributed by atoms with Crippen LogP contribution in [0, 0.1) is 12.3 Å². The first kappa shape index (κ1) is 28.8. The molecule has 0 aliphatic carbocycles. The highest BCUT2D eigenvalue weighted by Gasteiger charge is 2.29. The molecule has 8 heteroatoms. The van der Waals surface area contributed by atoms with Crippen molar-refractivity contribution >= 4 is 49.6 Å². The van der Waals surface area contributed by atoms with Crippen LogP contribution in [0.5, 0.6) is 0 Å². The summed E-state index contributed by atoms with van der Waals surface area (Å²) in [6.45, 7) is 13.5. The summed E-state index contributed by atoms with van der Waals surface area (Å²) in [6.07, 6.45) is 0.563. The number of rotatable bonds is 12. The van der Waals surface area contributed by atoms with Gasteiger partial charge >= 0.3 is 12.1 Å². The molecule has 0 aliphatic heterocycles. The number of nitrogens with zero attached hydrogens (tertiary/aromatic N) is 1. The molecule has 0 unspecified atom stereocenters. The van der Waals surface area contributed by atoms with Crippen LogP contribution in [0.2, 0.25) is 0 Å². The molecule has 1 atom stereocenters. The molecule has 0 fully saturated rings. The highest BCUT2D eigenvalue weighted by Crippen LogP contribution is 2.32. The highest BCUT2D eigenvalue weighted by atomic mass is 79.9. The van der Waals surface area contributed by atoms with Gasteiger partial charge in [0.05, 0.1) is 6.42 Å². The number of ether oxygens (including phenoxy) is 1. The van der Waals surface area contributed by atoms with E-state index in [2.05, 4.69) is 81.0 Å². The second-order valence-corrected chi connectivity index (χ2v) is 11.5. The van der Waals surface area contributed by atoms with Crippen molar-refractivity contribution in [2.45, 2.75) is 72.4 Å². The van der Waals surface area contributed by atoms with Crippen molar-refractivity contribution in [3.63, 3.8) is 0 Å². The Kier molecular flexibility index (Phi) is 11.5. The van der Waals surface area contributed by atoms with Crippen LogP contribution >= 0.6 is 31.9 Å². The number of carbonyl (C=O) groups excluding carboxylic acids is 1. The average Bonchev–Trinajstić information content (AvgIpc) is 2.60. The molecule has 0 spiro atoms. The first-order chi connectivity index (χ1) is 14.8. The van der Waals surface area contributed by atoms with Crippen molar-refractivity contribution in [2.24, 2.45) is 5.41 Å². The lowest BCUT2D eigenvalue weighted by Crippen LogP contribution is -2.42. The lowest BCUT2D eigenvalue weighted by Gasteiger charge is -2.32. The quantitative estimate of drug-likeness (QED) is 0.302. The van der Waals surface area contributed by atoms with Crippen molar-refractivity contribution in [1.29, 1.82) is 0 Å². The maximum Gasteiger partial charge on any atom is 0.407 e. The molecule has 6 nitrogen and oxygen atoms in total. The van der Waals surface area contributed by atoms with E-state index in [0.29, 0.717) is 6.42 Å². The lowest BCUT2D eigenvalue weighted by atomic mass is 9.78. The van der Waals surface area contributed by atoms with Crippen molar-refractivity contribution < 1.29 is 19.4 Å². The van der Waals surface area contributed by atoms with E-state index in [1.807, 2.05) is 0 Å². The van der Waals surface area contributed by atoms with E-state index in [1.54, 1.807) is 20.8 Å². The van der Waals surface area contributed by atoms with Gasteiger partial charge in [-0.3, -0.25) is 4.79 Å². The topological polar surface area (TPSA) is 78.9 Å². The molecule has 0 radical (unpaired) electrons. The van der Waals surface area contributed by atoms with Gasteiger partial charge in [0.1, 0.15) is 5.60 Å². The SMILES string of the molecule is Cc1ccc(N(CCBr)CCBr)cc1CC(C)(C)C[C@@H](CC(=O)O)NC(=O)OC(C)(C)C. The summed E-state index contributed by atoms with van der Waals surface area (Å²) in [5.74, 6) is -0.944. The number of nitrogens with one attached hydrogen (secondary N) is 1. The van der Waals surface area contributed by atoms with Crippen LogP contribution in [0.1, 0.15) is 58.6 Å². The zero-order chi connectivity index (χ0) is 24.5. The Labute approximate surface area is 209 Å². The summed E-state index contributed by atoms with van der Waals surface area (Å²) in [7, 11) is 0. The van der Waals surface area contributed by atoms with Crippen molar-refractivity contribution in [1.82, 2.24) is 5.32 Å². The van der Waals surface area contributed by atoms with E-state index in [4.69, 9.17) is 4.74 Å². The minimum Gasteiger partial charge on any atom is -0.481 e. The molecule has 0 heterocycles. The minimum atomic E-state index is -0.944. The van der Waals surface area contributed by atoms with E-state index in [1.165, 1.54) is 16.8 Å². The highest BCUT2D eigenvalue weighted by molar-refractivity contribution is 9.09. The maximum atomic E-state index is 12.3. The zero-order valence-electron chi connectivity index (χ0n) is 20.1. The largest absolute Gasteiger partial charge is 0.481 e. The van der Waals surface area contributed by atoms with Gasteiger partial charge in [0.25, 0.3) is 0 Å². The number of carboxylic acids is 1. The number of amides is 1. The third-order valence-electron chi connectivity index (χ3n) is 5.02. The summed E-state index contributed by atoms with van der Waals surface area (Å²) in [5, 5.41) is 13.9. The number of alkyl carbamates (subject to hydrolysis) is 1. The Balaban J connectivity index is 3.01. The number of carbonyl (C=O) groups is 2. The first-order valence-corrected chi connectivity index (χ1v) is 13.2. The van der Waals surface area contributed by atoms with Gasteiger partial charge in [-0.2, -0.15) is 0 Å². The number of benzene rings is 1. The molecule has 1 rings (SSSR count). The predicted molar refractivity (Wildman–Crippen MR) is 138 cm³/mol. The van der Waals surface area contributed by atoms with E-state index >= 15 is 0 Å². The van der Waals surface area contributed by atoms with Crippen molar-refractivity contribution in [3.8, 4) is 0 Å². The van der Waals surface area contributed by atoms with Crippen LogP contribution < -0.4 is 10.2 Å². The van der Waals surface area contributed by atoms with E-state index in [-0.39, 0.29) is 11.8 Å². The van der Waals surface area contributed by atoms with Gasteiger partial charge in [-0.05, 0) is 69.2 Å². The van der Waals surface area contributed by atoms with Gasteiger partial charge in [0, 0.05) is 35.5 Å². The Hall–Kier alpha value is -1.28. The monoisotopic (exact) mass is 576 g/mol. The lowest BCUT2D eigenvalue weighted by molar-refractivity contribution is -0.137. The summed E-state index contributed by atoms with van der Waals surface area (Å²) >= 11 is 7.07. The number of aryl methyl sites for hydroxylation is 1. The smallest absolute Gasteiger partial charge is 0.407 e. The standard InChI is InChI=1S/C24H38Br2N2O4/c1-17-7-8-20(28(11-9-25)12-10-26)13-18(17)15-24(5,6)16-19(14-21(29)30)27-22(31)32-23(2,3)4/h7-8,13,19H,9-12,14-16H2,1-6H3,(H,27,31)(H,29,30)/t19-/m1/s1. The molecule has 1 amide bonds. The van der Waals surface area contributed by atoms with E-state index in [9.17, 15) is 14.7 Å². The molecule has 0 bridgehead atoms. The number of aliphatic carboxylic acids is 1. The number of hydrogen-bond donors (Lipinski definition) is 2. The van der Waals surface area contributed by atoms with Gasteiger partial charge in [-0.25, -0.2) is 4.79 Å². The number of hydrogen-bond acceptors (Lipinski definition) is 4. The molecule has 2 N–H and O–H groups in total. The molecule has 182 valence electrons. The fourth-order valence-electron chi connectivity index (χ4n) is 3.73. The maximum absolute atomic E-state index is 12.3. The second-order valence-electron chi connectivity index (χ2n) is 9.96. The van der Waals surface area contributed by atoms with Crippen molar-refractivity contribution in [3.05, 3.63) is 29.3 Å². The Morgan fingerprint density at radius 3 is 2.22 bits per heavy atom. The molecular formula is C24H38Br2N2O4. The van der Waals surface area contributed by atoms with Crippen molar-refractivity contribution in [2.75, 3.05) is 28.6 Å². The van der Waals surface area contributed by atoms with Gasteiger partial charge < -0.3 is 20.1 Å². The Morgan fingerprint density at radius 2 is 1.72 bits per heavy atom. The first-order valence-electron chi connectivity index (χ1n) is 10.9. The minimum absolute atomic E-state index is 0.147. The molecule has 1 aromatic carbocycles. The van der Waals surface area contributed by atoms with Gasteiger partial charge in [0.15, 0.2) is 0 Å². The molecule has 0 aliphatic rings. The number of carboxylic acid groups (broad SMARTS) is 1. The van der Waals surface area contributed by atoms with E-state index in [0.717, 1.165) is 30.2 Å². The third-order valence-corrected chi connectivity index (χ3v) is 5.73. The van der Waals surface area contributed by atoms with Gasteiger partial charge in [-0.1, -0.05) is 51.8 Å². The summed E-state index contributed by atoms with van der Waals surface area (Å²) < 4.78 is 5.33. The van der Waals surface area contributed by atoms with Crippen LogP contribution in [0.15, 0.2) is 18.2 Å². The van der Waals surface area contributed by atoms with Crippen LogP contribution in [-0.2, 0) is 16.0 Å². The van der Waals surface area contributed by atoms with Gasteiger partial charge in [0.2, 0.25) is 0 Å². The zero-order valence-corrected chi connectivity index (χ0v) is 23.3. The molecule has 0 saturated heterocycles. The number of anilines is 1. The number of alkyl halides is 2. The fourth-order valence-corrected chi connectivity index (χ4v) is 4.59. The van der Waals surface area contributed by atoms with Crippen LogP contribution in [0.25, 0.3) is 0 Å². The number of halogens is 2. The molecule has 0 saturated carbocycles. The Bertz CT molecular complexity index is 757. The Morgan fingerprint density at radius 1 is 1.12 bits per heavy atom. The fraction of sp³-hybridized carbons (Fsp3) is 0.667. The molecule has 0 aromatic heterocycles. The van der Waals surface area contributed by atoms with Gasteiger partial charge in [-0.15, -0.1) is 0 Å². The summed E-state index contributed by atoms with van der Waals surface area (Å²) in [6, 6.07) is 6.01.